The monoisotopic (exact) mass is 268 g/mol. The Kier molecular flexibility index (Phi) is 2.79. The summed E-state index contributed by atoms with van der Waals surface area (Å²) in [6.45, 7) is 2.21. The number of amides is 1. The van der Waals surface area contributed by atoms with Gasteiger partial charge in [0, 0.05) is 25.2 Å². The van der Waals surface area contributed by atoms with Crippen LogP contribution in [0.25, 0.3) is 0 Å². The Bertz CT molecular complexity index is 502. The lowest BCUT2D eigenvalue weighted by molar-refractivity contribution is 0.0691. The Labute approximate surface area is 110 Å². The molecular weight excluding hydrogens is 255 g/mol. The molecule has 1 aromatic carbocycles. The van der Waals surface area contributed by atoms with Crippen molar-refractivity contribution in [1.29, 1.82) is 0 Å². The molecule has 0 aromatic heterocycles. The second-order valence-electron chi connectivity index (χ2n) is 5.06. The number of nitrogens with zero attached hydrogens (tertiary/aromatic N) is 1. The standard InChI is InChI=1S/C13H14ClFN2O/c14-11-7-9(15)1-2-10(11)12(18)17-6-5-16-13(8-17)3-4-13/h1-2,7,16H,3-6,8H2. The quantitative estimate of drug-likeness (QED) is 0.846. The summed E-state index contributed by atoms with van der Waals surface area (Å²) in [6, 6.07) is 3.92. The number of piperazine rings is 1. The number of halogens is 2. The van der Waals surface area contributed by atoms with Crippen molar-refractivity contribution in [3.05, 3.63) is 34.6 Å². The van der Waals surface area contributed by atoms with Gasteiger partial charge >= 0.3 is 0 Å². The van der Waals surface area contributed by atoms with Crippen LogP contribution >= 0.6 is 11.6 Å². The van der Waals surface area contributed by atoms with Gasteiger partial charge in [-0.2, -0.15) is 0 Å². The molecule has 5 heteroatoms. The van der Waals surface area contributed by atoms with E-state index in [9.17, 15) is 9.18 Å². The van der Waals surface area contributed by atoms with Gasteiger partial charge in [0.15, 0.2) is 0 Å². The first-order valence-corrected chi connectivity index (χ1v) is 6.47. The van der Waals surface area contributed by atoms with Crippen molar-refractivity contribution >= 4 is 17.5 Å². The summed E-state index contributed by atoms with van der Waals surface area (Å²) in [5, 5.41) is 3.63. The number of hydrogen-bond donors (Lipinski definition) is 1. The van der Waals surface area contributed by atoms with E-state index in [0.29, 0.717) is 12.1 Å². The second-order valence-corrected chi connectivity index (χ2v) is 5.47. The zero-order valence-electron chi connectivity index (χ0n) is 9.88. The zero-order chi connectivity index (χ0) is 12.8. The fraction of sp³-hybridized carbons (Fsp3) is 0.462. The van der Waals surface area contributed by atoms with Crippen LogP contribution in [0.3, 0.4) is 0 Å². The summed E-state index contributed by atoms with van der Waals surface area (Å²) in [5.41, 5.74) is 0.524. The third-order valence-corrected chi connectivity index (χ3v) is 3.99. The van der Waals surface area contributed by atoms with Crippen molar-refractivity contribution in [3.8, 4) is 0 Å². The highest BCUT2D eigenvalue weighted by Crippen LogP contribution is 2.38. The van der Waals surface area contributed by atoms with Crippen LogP contribution in [0.2, 0.25) is 5.02 Å². The lowest BCUT2D eigenvalue weighted by Crippen LogP contribution is -2.54. The van der Waals surface area contributed by atoms with Gasteiger partial charge in [-0.1, -0.05) is 11.6 Å². The first-order chi connectivity index (χ1) is 8.60. The van der Waals surface area contributed by atoms with Gasteiger partial charge in [0.05, 0.1) is 10.6 Å². The third kappa shape index (κ3) is 2.10. The van der Waals surface area contributed by atoms with Crippen molar-refractivity contribution in [2.45, 2.75) is 18.4 Å². The molecule has 2 aliphatic rings. The van der Waals surface area contributed by atoms with E-state index < -0.39 is 5.82 Å². The van der Waals surface area contributed by atoms with Gasteiger partial charge in [-0.05, 0) is 31.0 Å². The largest absolute Gasteiger partial charge is 0.335 e. The Morgan fingerprint density at radius 2 is 2.22 bits per heavy atom. The second kappa shape index (κ2) is 4.21. The fourth-order valence-electron chi connectivity index (χ4n) is 2.45. The molecule has 1 saturated heterocycles. The van der Waals surface area contributed by atoms with Gasteiger partial charge in [-0.25, -0.2) is 4.39 Å². The number of nitrogens with one attached hydrogen (secondary N) is 1. The number of benzene rings is 1. The van der Waals surface area contributed by atoms with Crippen LogP contribution in [0, 0.1) is 5.82 Å². The maximum absolute atomic E-state index is 13.0. The molecule has 1 amide bonds. The van der Waals surface area contributed by atoms with Gasteiger partial charge in [0.25, 0.3) is 5.91 Å². The lowest BCUT2D eigenvalue weighted by Gasteiger charge is -2.34. The summed E-state index contributed by atoms with van der Waals surface area (Å²) in [7, 11) is 0. The predicted octanol–water partition coefficient (Wildman–Crippen LogP) is 2.06. The number of carbonyl (C=O) groups is 1. The van der Waals surface area contributed by atoms with Crippen LogP contribution in [-0.2, 0) is 0 Å². The van der Waals surface area contributed by atoms with Crippen LogP contribution in [0.1, 0.15) is 23.2 Å². The molecule has 0 atom stereocenters. The van der Waals surface area contributed by atoms with E-state index in [1.54, 1.807) is 0 Å². The number of carbonyl (C=O) groups excluding carboxylic acids is 1. The Morgan fingerprint density at radius 3 is 2.89 bits per heavy atom. The van der Waals surface area contributed by atoms with E-state index in [4.69, 9.17) is 11.6 Å². The molecule has 0 bridgehead atoms. The molecule has 1 N–H and O–H groups in total. The molecule has 0 radical (unpaired) electrons. The summed E-state index contributed by atoms with van der Waals surface area (Å²) >= 11 is 5.93. The van der Waals surface area contributed by atoms with Crippen molar-refractivity contribution in [1.82, 2.24) is 10.2 Å². The van der Waals surface area contributed by atoms with E-state index in [2.05, 4.69) is 5.32 Å². The molecule has 18 heavy (non-hydrogen) atoms. The Morgan fingerprint density at radius 1 is 1.44 bits per heavy atom. The maximum atomic E-state index is 13.0. The first kappa shape index (κ1) is 11.9. The highest BCUT2D eigenvalue weighted by atomic mass is 35.5. The minimum absolute atomic E-state index is 0.104. The first-order valence-electron chi connectivity index (χ1n) is 6.09. The van der Waals surface area contributed by atoms with Crippen LogP contribution in [0.5, 0.6) is 0 Å². The minimum atomic E-state index is -0.421. The molecule has 1 spiro atoms. The fourth-order valence-corrected chi connectivity index (χ4v) is 2.70. The number of hydrogen-bond acceptors (Lipinski definition) is 2. The van der Waals surface area contributed by atoms with Crippen molar-refractivity contribution in [2.24, 2.45) is 0 Å². The van der Waals surface area contributed by atoms with Crippen molar-refractivity contribution in [2.75, 3.05) is 19.6 Å². The SMILES string of the molecule is O=C(c1ccc(F)cc1Cl)N1CCNC2(CC2)C1. The molecule has 0 unspecified atom stereocenters. The lowest BCUT2D eigenvalue weighted by atomic mass is 10.1. The highest BCUT2D eigenvalue weighted by molar-refractivity contribution is 6.33. The van der Waals surface area contributed by atoms with Crippen LogP contribution < -0.4 is 5.32 Å². The average Bonchev–Trinajstić information content (AvgIpc) is 3.08. The van der Waals surface area contributed by atoms with E-state index in [1.165, 1.54) is 18.2 Å². The predicted molar refractivity (Wildman–Crippen MR) is 67.3 cm³/mol. The number of rotatable bonds is 1. The maximum Gasteiger partial charge on any atom is 0.255 e. The van der Waals surface area contributed by atoms with Crippen molar-refractivity contribution < 1.29 is 9.18 Å². The van der Waals surface area contributed by atoms with Gasteiger partial charge in [-0.3, -0.25) is 4.79 Å². The summed E-state index contributed by atoms with van der Waals surface area (Å²) in [6.07, 6.45) is 2.24. The molecule has 96 valence electrons. The normalized spacial score (nSPS) is 21.1. The van der Waals surface area contributed by atoms with Gasteiger partial charge in [0.1, 0.15) is 5.82 Å². The van der Waals surface area contributed by atoms with E-state index >= 15 is 0 Å². The van der Waals surface area contributed by atoms with E-state index in [1.807, 2.05) is 4.90 Å². The van der Waals surface area contributed by atoms with Crippen LogP contribution in [0.15, 0.2) is 18.2 Å². The Balaban J connectivity index is 1.81. The van der Waals surface area contributed by atoms with E-state index in [0.717, 1.165) is 25.9 Å². The van der Waals surface area contributed by atoms with Gasteiger partial charge in [0.2, 0.25) is 0 Å². The Hall–Kier alpha value is -1.13. The van der Waals surface area contributed by atoms with Gasteiger partial charge < -0.3 is 10.2 Å². The molecule has 1 aliphatic carbocycles. The zero-order valence-corrected chi connectivity index (χ0v) is 10.6. The average molecular weight is 269 g/mol. The summed E-state index contributed by atoms with van der Waals surface area (Å²) in [4.78, 5) is 14.1. The summed E-state index contributed by atoms with van der Waals surface area (Å²) in [5.74, 6) is -0.525. The minimum Gasteiger partial charge on any atom is -0.335 e. The molecule has 1 aliphatic heterocycles. The highest BCUT2D eigenvalue weighted by Gasteiger charge is 2.46. The molecule has 2 fully saturated rings. The third-order valence-electron chi connectivity index (χ3n) is 3.68. The van der Waals surface area contributed by atoms with Crippen LogP contribution in [-0.4, -0.2) is 36.0 Å². The molecule has 3 nitrogen and oxygen atoms in total. The summed E-state index contributed by atoms with van der Waals surface area (Å²) < 4.78 is 13.0. The van der Waals surface area contributed by atoms with Crippen molar-refractivity contribution in [3.63, 3.8) is 0 Å². The smallest absolute Gasteiger partial charge is 0.255 e. The molecule has 3 rings (SSSR count). The molecule has 1 heterocycles. The van der Waals surface area contributed by atoms with Crippen LogP contribution in [0.4, 0.5) is 4.39 Å². The topological polar surface area (TPSA) is 32.3 Å². The van der Waals surface area contributed by atoms with Gasteiger partial charge in [-0.15, -0.1) is 0 Å². The molecule has 1 saturated carbocycles. The van der Waals surface area contributed by atoms with E-state index in [-0.39, 0.29) is 16.5 Å². The molecular formula is C13H14ClFN2O. The molecule has 1 aromatic rings.